The van der Waals surface area contributed by atoms with Crippen molar-refractivity contribution in [3.63, 3.8) is 0 Å². The van der Waals surface area contributed by atoms with Gasteiger partial charge in [0.2, 0.25) is 0 Å². The minimum absolute atomic E-state index is 0.0551. The van der Waals surface area contributed by atoms with E-state index >= 15 is 0 Å². The number of nitrogens with zero attached hydrogens (tertiary/aromatic N) is 1. The van der Waals surface area contributed by atoms with Gasteiger partial charge in [-0.1, -0.05) is 30.3 Å². The first-order valence-electron chi connectivity index (χ1n) is 8.18. The van der Waals surface area contributed by atoms with Crippen LogP contribution in [0.25, 0.3) is 11.0 Å². The fourth-order valence-electron chi connectivity index (χ4n) is 2.82. The molecule has 1 atom stereocenters. The third-order valence-electron chi connectivity index (χ3n) is 4.20. The van der Waals surface area contributed by atoms with Gasteiger partial charge in [0.25, 0.3) is 5.91 Å². The maximum Gasteiger partial charge on any atom is 0.349 e. The second-order valence-electron chi connectivity index (χ2n) is 6.23. The summed E-state index contributed by atoms with van der Waals surface area (Å²) in [5.41, 5.74) is 0.426. The second kappa shape index (κ2) is 7.49. The van der Waals surface area contributed by atoms with Crippen LogP contribution in [-0.2, 0) is 0 Å². The molecule has 0 spiro atoms. The van der Waals surface area contributed by atoms with E-state index in [9.17, 15) is 14.0 Å². The zero-order valence-electron chi connectivity index (χ0n) is 14.5. The Morgan fingerprint density at radius 2 is 1.92 bits per heavy atom. The Kier molecular flexibility index (Phi) is 5.14. The summed E-state index contributed by atoms with van der Waals surface area (Å²) in [4.78, 5) is 26.4. The third kappa shape index (κ3) is 3.81. The van der Waals surface area contributed by atoms with Gasteiger partial charge in [0.15, 0.2) is 0 Å². The van der Waals surface area contributed by atoms with Crippen LogP contribution in [0.3, 0.4) is 0 Å². The number of likely N-dealkylation sites (N-methyl/N-ethyl adjacent to an activating group) is 1. The molecule has 0 unspecified atom stereocenters. The summed E-state index contributed by atoms with van der Waals surface area (Å²) in [6.07, 6.45) is 0. The van der Waals surface area contributed by atoms with Gasteiger partial charge in [0.05, 0.1) is 6.04 Å². The number of nitrogens with one attached hydrogen (secondary N) is 1. The molecule has 0 saturated heterocycles. The van der Waals surface area contributed by atoms with Gasteiger partial charge in [-0.05, 0) is 43.9 Å². The first-order chi connectivity index (χ1) is 12.5. The fourth-order valence-corrected chi connectivity index (χ4v) is 2.82. The third-order valence-corrected chi connectivity index (χ3v) is 4.20. The van der Waals surface area contributed by atoms with Crippen LogP contribution in [0.2, 0.25) is 0 Å². The molecule has 0 aliphatic rings. The van der Waals surface area contributed by atoms with Crippen LogP contribution in [0.5, 0.6) is 0 Å². The van der Waals surface area contributed by atoms with Crippen molar-refractivity contribution in [2.45, 2.75) is 6.04 Å². The maximum absolute atomic E-state index is 13.5. The number of carbonyl (C=O) groups excluding carboxylic acids is 1. The predicted molar refractivity (Wildman–Crippen MR) is 97.6 cm³/mol. The number of amides is 1. The highest BCUT2D eigenvalue weighted by atomic mass is 19.1. The zero-order chi connectivity index (χ0) is 18.7. The summed E-state index contributed by atoms with van der Waals surface area (Å²) in [6, 6.07) is 14.5. The number of fused-ring (bicyclic) bond motifs is 1. The van der Waals surface area contributed by atoms with E-state index in [1.54, 1.807) is 36.4 Å². The van der Waals surface area contributed by atoms with E-state index in [4.69, 9.17) is 4.42 Å². The molecule has 0 aliphatic heterocycles. The molecule has 26 heavy (non-hydrogen) atoms. The maximum atomic E-state index is 13.5. The van der Waals surface area contributed by atoms with Gasteiger partial charge >= 0.3 is 5.63 Å². The van der Waals surface area contributed by atoms with E-state index in [2.05, 4.69) is 5.32 Å². The molecule has 5 nitrogen and oxygen atoms in total. The lowest BCUT2D eigenvalue weighted by Gasteiger charge is -2.25. The summed E-state index contributed by atoms with van der Waals surface area (Å²) in [7, 11) is 3.68. The van der Waals surface area contributed by atoms with Crippen LogP contribution in [0, 0.1) is 5.82 Å². The first-order valence-corrected chi connectivity index (χ1v) is 8.18. The number of carbonyl (C=O) groups is 1. The van der Waals surface area contributed by atoms with E-state index in [0.717, 1.165) is 5.56 Å². The number of para-hydroxylation sites is 1. The van der Waals surface area contributed by atoms with Gasteiger partial charge < -0.3 is 14.6 Å². The van der Waals surface area contributed by atoms with Crippen molar-refractivity contribution in [1.29, 1.82) is 0 Å². The van der Waals surface area contributed by atoms with Gasteiger partial charge in [0, 0.05) is 11.9 Å². The van der Waals surface area contributed by atoms with Crippen LogP contribution < -0.4 is 10.9 Å². The second-order valence-corrected chi connectivity index (χ2v) is 6.23. The Morgan fingerprint density at radius 3 is 2.65 bits per heavy atom. The van der Waals surface area contributed by atoms with E-state index in [-0.39, 0.29) is 24.0 Å². The van der Waals surface area contributed by atoms with Crippen LogP contribution >= 0.6 is 0 Å². The quantitative estimate of drug-likeness (QED) is 0.716. The van der Waals surface area contributed by atoms with E-state index in [0.29, 0.717) is 11.0 Å². The van der Waals surface area contributed by atoms with Crippen LogP contribution in [0.1, 0.15) is 22.0 Å². The van der Waals surface area contributed by atoms with Gasteiger partial charge in [-0.25, -0.2) is 9.18 Å². The minimum atomic E-state index is -0.687. The van der Waals surface area contributed by atoms with Crippen molar-refractivity contribution in [2.24, 2.45) is 0 Å². The van der Waals surface area contributed by atoms with Gasteiger partial charge in [-0.2, -0.15) is 0 Å². The molecule has 1 heterocycles. The molecule has 1 N–H and O–H groups in total. The SMILES string of the molecule is CN(C)[C@H](CNC(=O)c1cc2ccccc2oc1=O)c1cccc(F)c1. The van der Waals surface area contributed by atoms with Crippen LogP contribution in [0.15, 0.2) is 63.8 Å². The molecule has 3 rings (SSSR count). The summed E-state index contributed by atoms with van der Waals surface area (Å²) < 4.78 is 18.7. The lowest BCUT2D eigenvalue weighted by Crippen LogP contribution is -2.36. The normalized spacial score (nSPS) is 12.3. The molecule has 0 radical (unpaired) electrons. The Hall–Kier alpha value is -2.99. The molecular weight excluding hydrogens is 335 g/mol. The Morgan fingerprint density at radius 1 is 1.15 bits per heavy atom. The lowest BCUT2D eigenvalue weighted by atomic mass is 10.1. The summed E-state index contributed by atoms with van der Waals surface area (Å²) in [6.45, 7) is 0.224. The molecule has 2 aromatic carbocycles. The molecule has 0 aliphatic carbocycles. The molecule has 1 aromatic heterocycles. The van der Waals surface area contributed by atoms with Crippen molar-refractivity contribution >= 4 is 16.9 Å². The standard InChI is InChI=1S/C20H19FN2O3/c1-23(2)17(13-7-5-8-15(21)10-13)12-22-19(24)16-11-14-6-3-4-9-18(14)26-20(16)25/h3-11,17H,12H2,1-2H3,(H,22,24)/t17-/m1/s1. The number of hydrogen-bond acceptors (Lipinski definition) is 4. The molecule has 134 valence electrons. The fraction of sp³-hybridized carbons (Fsp3) is 0.200. The van der Waals surface area contributed by atoms with Crippen molar-refractivity contribution in [3.8, 4) is 0 Å². The highest BCUT2D eigenvalue weighted by molar-refractivity contribution is 5.96. The Bertz CT molecular complexity index is 998. The summed E-state index contributed by atoms with van der Waals surface area (Å²) in [5, 5.41) is 3.41. The lowest BCUT2D eigenvalue weighted by molar-refractivity contribution is 0.0938. The molecule has 0 fully saturated rings. The van der Waals surface area contributed by atoms with Crippen molar-refractivity contribution in [2.75, 3.05) is 20.6 Å². The Balaban J connectivity index is 1.81. The number of rotatable bonds is 5. The molecule has 0 bridgehead atoms. The van der Waals surface area contributed by atoms with Crippen LogP contribution in [0.4, 0.5) is 4.39 Å². The minimum Gasteiger partial charge on any atom is -0.422 e. The van der Waals surface area contributed by atoms with Crippen molar-refractivity contribution in [3.05, 3.63) is 82.0 Å². The summed E-state index contributed by atoms with van der Waals surface area (Å²) in [5.74, 6) is -0.858. The molecule has 0 saturated carbocycles. The van der Waals surface area contributed by atoms with E-state index < -0.39 is 11.5 Å². The highest BCUT2D eigenvalue weighted by Crippen LogP contribution is 2.18. The van der Waals surface area contributed by atoms with Gasteiger partial charge in [-0.3, -0.25) is 4.79 Å². The summed E-state index contributed by atoms with van der Waals surface area (Å²) >= 11 is 0. The monoisotopic (exact) mass is 354 g/mol. The molecule has 6 heteroatoms. The highest BCUT2D eigenvalue weighted by Gasteiger charge is 2.18. The first kappa shape index (κ1) is 17.8. The van der Waals surface area contributed by atoms with E-state index in [1.807, 2.05) is 19.0 Å². The number of hydrogen-bond donors (Lipinski definition) is 1. The van der Waals surface area contributed by atoms with Crippen molar-refractivity contribution < 1.29 is 13.6 Å². The van der Waals surface area contributed by atoms with Gasteiger partial charge in [-0.15, -0.1) is 0 Å². The molecular formula is C20H19FN2O3. The topological polar surface area (TPSA) is 62.6 Å². The molecule has 3 aromatic rings. The van der Waals surface area contributed by atoms with Crippen LogP contribution in [-0.4, -0.2) is 31.4 Å². The number of benzene rings is 2. The Labute approximate surface area is 150 Å². The smallest absolute Gasteiger partial charge is 0.349 e. The van der Waals surface area contributed by atoms with E-state index in [1.165, 1.54) is 18.2 Å². The predicted octanol–water partition coefficient (Wildman–Crippen LogP) is 2.96. The largest absolute Gasteiger partial charge is 0.422 e. The van der Waals surface area contributed by atoms with Gasteiger partial charge in [0.1, 0.15) is 17.0 Å². The average Bonchev–Trinajstić information content (AvgIpc) is 2.61. The average molecular weight is 354 g/mol. The zero-order valence-corrected chi connectivity index (χ0v) is 14.5. The molecule has 1 amide bonds. The number of halogens is 1. The van der Waals surface area contributed by atoms with Crippen molar-refractivity contribution in [1.82, 2.24) is 10.2 Å².